The number of benzene rings is 1. The van der Waals surface area contributed by atoms with Gasteiger partial charge in [-0.2, -0.15) is 4.52 Å². The fourth-order valence-electron chi connectivity index (χ4n) is 4.23. The van der Waals surface area contributed by atoms with Crippen molar-refractivity contribution in [3.8, 4) is 17.2 Å². The number of aromatic nitrogens is 3. The molecule has 5 rings (SSSR count). The van der Waals surface area contributed by atoms with E-state index in [0.29, 0.717) is 43.4 Å². The number of aryl methyl sites for hydroxylation is 1. The average molecular weight is 458 g/mol. The quantitative estimate of drug-likeness (QED) is 0.593. The van der Waals surface area contributed by atoms with Crippen molar-refractivity contribution < 1.29 is 23.0 Å². The highest BCUT2D eigenvalue weighted by Crippen LogP contribution is 2.35. The fourth-order valence-corrected chi connectivity index (χ4v) is 4.23. The molecular formula is C23H24F2N4O4. The van der Waals surface area contributed by atoms with Gasteiger partial charge in [0, 0.05) is 49.2 Å². The van der Waals surface area contributed by atoms with Crippen LogP contribution < -0.4 is 24.7 Å². The van der Waals surface area contributed by atoms with Crippen LogP contribution in [0.15, 0.2) is 29.1 Å². The molecule has 0 N–H and O–H groups in total. The standard InChI is InChI=1S/C23H24F2N4O4/c1-13-14(2)23(27-29-20(30)12-17(21(24)25)26-22(13)29)28-7-5-15(6-8-28)33-16-3-4-18-19(11-16)32-10-9-31-18/h3-4,11-12,15,21H,5-10H2,1-2H3. The predicted molar refractivity (Wildman–Crippen MR) is 117 cm³/mol. The van der Waals surface area contributed by atoms with E-state index < -0.39 is 17.7 Å². The van der Waals surface area contributed by atoms with Crippen LogP contribution in [0.4, 0.5) is 14.6 Å². The van der Waals surface area contributed by atoms with Crippen LogP contribution in [-0.4, -0.2) is 47.0 Å². The molecule has 1 fully saturated rings. The zero-order valence-corrected chi connectivity index (χ0v) is 18.4. The molecule has 4 heterocycles. The Morgan fingerprint density at radius 1 is 1.06 bits per heavy atom. The number of rotatable bonds is 4. The first-order valence-electron chi connectivity index (χ1n) is 10.9. The summed E-state index contributed by atoms with van der Waals surface area (Å²) in [4.78, 5) is 18.5. The number of halogens is 2. The molecule has 10 heteroatoms. The normalized spacial score (nSPS) is 16.5. The number of ether oxygens (including phenoxy) is 3. The first-order valence-corrected chi connectivity index (χ1v) is 10.9. The molecule has 1 aromatic carbocycles. The smallest absolute Gasteiger partial charge is 0.280 e. The van der Waals surface area contributed by atoms with Crippen LogP contribution >= 0.6 is 0 Å². The second-order valence-electron chi connectivity index (χ2n) is 8.24. The van der Waals surface area contributed by atoms with Gasteiger partial charge in [-0.05, 0) is 26.0 Å². The van der Waals surface area contributed by atoms with Gasteiger partial charge >= 0.3 is 0 Å². The van der Waals surface area contributed by atoms with Crippen LogP contribution in [0.3, 0.4) is 0 Å². The van der Waals surface area contributed by atoms with Crippen molar-refractivity contribution in [2.24, 2.45) is 0 Å². The van der Waals surface area contributed by atoms with Gasteiger partial charge < -0.3 is 19.1 Å². The predicted octanol–water partition coefficient (Wildman–Crippen LogP) is 3.46. The van der Waals surface area contributed by atoms with Crippen LogP contribution in [0.1, 0.15) is 36.1 Å². The summed E-state index contributed by atoms with van der Waals surface area (Å²) >= 11 is 0. The Morgan fingerprint density at radius 3 is 2.52 bits per heavy atom. The van der Waals surface area contributed by atoms with Crippen molar-refractivity contribution in [2.45, 2.75) is 39.2 Å². The van der Waals surface area contributed by atoms with E-state index >= 15 is 0 Å². The molecule has 0 atom stereocenters. The lowest BCUT2D eigenvalue weighted by molar-refractivity contribution is 0.146. The molecule has 0 amide bonds. The van der Waals surface area contributed by atoms with Gasteiger partial charge in [0.25, 0.3) is 12.0 Å². The summed E-state index contributed by atoms with van der Waals surface area (Å²) in [6.07, 6.45) is -1.24. The largest absolute Gasteiger partial charge is 0.490 e. The average Bonchev–Trinajstić information content (AvgIpc) is 2.82. The third-order valence-corrected chi connectivity index (χ3v) is 6.13. The number of nitrogens with zero attached hydrogens (tertiary/aromatic N) is 4. The molecule has 2 aliphatic rings. The van der Waals surface area contributed by atoms with Crippen LogP contribution in [0.5, 0.6) is 17.2 Å². The molecule has 0 radical (unpaired) electrons. The van der Waals surface area contributed by atoms with E-state index in [0.717, 1.165) is 40.5 Å². The number of fused-ring (bicyclic) bond motifs is 2. The highest BCUT2D eigenvalue weighted by molar-refractivity contribution is 5.59. The SMILES string of the molecule is Cc1c(N2CCC(Oc3ccc4c(c3)OCCO4)CC2)nn2c(=O)cc(C(F)F)nc2c1C. The van der Waals surface area contributed by atoms with Gasteiger partial charge in [0.2, 0.25) is 0 Å². The Balaban J connectivity index is 1.33. The molecule has 174 valence electrons. The molecule has 0 aliphatic carbocycles. The molecule has 33 heavy (non-hydrogen) atoms. The molecule has 0 bridgehead atoms. The Labute approximate surface area is 188 Å². The minimum atomic E-state index is -2.81. The lowest BCUT2D eigenvalue weighted by Crippen LogP contribution is -2.39. The van der Waals surface area contributed by atoms with Crippen molar-refractivity contribution in [1.29, 1.82) is 0 Å². The zero-order valence-electron chi connectivity index (χ0n) is 18.4. The molecule has 2 aliphatic heterocycles. The molecule has 1 saturated heterocycles. The molecule has 0 spiro atoms. The van der Waals surface area contributed by atoms with Gasteiger partial charge in [0.05, 0.1) is 0 Å². The molecule has 8 nitrogen and oxygen atoms in total. The summed E-state index contributed by atoms with van der Waals surface area (Å²) in [6, 6.07) is 6.43. The second kappa shape index (κ2) is 8.49. The molecule has 3 aromatic rings. The van der Waals surface area contributed by atoms with Crippen LogP contribution in [0, 0.1) is 13.8 Å². The maximum absolute atomic E-state index is 13.1. The second-order valence-corrected chi connectivity index (χ2v) is 8.24. The van der Waals surface area contributed by atoms with E-state index in [2.05, 4.69) is 15.0 Å². The molecular weight excluding hydrogens is 434 g/mol. The Kier molecular flexibility index (Phi) is 5.51. The third kappa shape index (κ3) is 4.05. The lowest BCUT2D eigenvalue weighted by atomic mass is 10.1. The maximum atomic E-state index is 13.1. The Morgan fingerprint density at radius 2 is 1.79 bits per heavy atom. The number of alkyl halides is 2. The van der Waals surface area contributed by atoms with E-state index in [-0.39, 0.29) is 11.8 Å². The van der Waals surface area contributed by atoms with E-state index in [1.807, 2.05) is 25.1 Å². The van der Waals surface area contributed by atoms with Gasteiger partial charge in [-0.15, -0.1) is 5.10 Å². The molecule has 0 unspecified atom stereocenters. The minimum absolute atomic E-state index is 0.0312. The van der Waals surface area contributed by atoms with Gasteiger partial charge in [-0.3, -0.25) is 4.79 Å². The maximum Gasteiger partial charge on any atom is 0.280 e. The molecule has 2 aromatic heterocycles. The van der Waals surface area contributed by atoms with Gasteiger partial charge in [-0.25, -0.2) is 13.8 Å². The Hall–Kier alpha value is -3.43. The first kappa shape index (κ1) is 21.4. The van der Waals surface area contributed by atoms with Crippen LogP contribution in [-0.2, 0) is 0 Å². The third-order valence-electron chi connectivity index (χ3n) is 6.13. The summed E-state index contributed by atoms with van der Waals surface area (Å²) in [5, 5.41) is 4.47. The van der Waals surface area contributed by atoms with Gasteiger partial charge in [0.1, 0.15) is 30.8 Å². The highest BCUT2D eigenvalue weighted by Gasteiger charge is 2.25. The van der Waals surface area contributed by atoms with E-state index in [1.54, 1.807) is 6.92 Å². The summed E-state index contributed by atoms with van der Waals surface area (Å²) in [6.45, 7) is 6.08. The van der Waals surface area contributed by atoms with E-state index in [1.165, 1.54) is 0 Å². The van der Waals surface area contributed by atoms with Gasteiger partial charge in [-0.1, -0.05) is 0 Å². The van der Waals surface area contributed by atoms with Crippen LogP contribution in [0.2, 0.25) is 0 Å². The lowest BCUT2D eigenvalue weighted by Gasteiger charge is -2.34. The zero-order chi connectivity index (χ0) is 23.1. The number of anilines is 1. The van der Waals surface area contributed by atoms with Crippen LogP contribution in [0.25, 0.3) is 5.65 Å². The van der Waals surface area contributed by atoms with Crippen molar-refractivity contribution in [3.63, 3.8) is 0 Å². The topological polar surface area (TPSA) is 78.2 Å². The number of hydrogen-bond donors (Lipinski definition) is 0. The summed E-state index contributed by atoms with van der Waals surface area (Å²) in [5.74, 6) is 2.81. The monoisotopic (exact) mass is 458 g/mol. The van der Waals surface area contributed by atoms with Gasteiger partial charge in [0.15, 0.2) is 23.0 Å². The highest BCUT2D eigenvalue weighted by atomic mass is 19.3. The summed E-state index contributed by atoms with van der Waals surface area (Å²) in [7, 11) is 0. The number of hydrogen-bond acceptors (Lipinski definition) is 7. The van der Waals surface area contributed by atoms with Crippen molar-refractivity contribution in [3.05, 3.63) is 51.4 Å². The first-order chi connectivity index (χ1) is 15.9. The van der Waals surface area contributed by atoms with Crippen molar-refractivity contribution >= 4 is 11.5 Å². The number of piperidine rings is 1. The van der Waals surface area contributed by atoms with E-state index in [9.17, 15) is 13.6 Å². The summed E-state index contributed by atoms with van der Waals surface area (Å²) < 4.78 is 44.6. The summed E-state index contributed by atoms with van der Waals surface area (Å²) in [5.41, 5.74) is 0.496. The Bertz CT molecular complexity index is 1260. The van der Waals surface area contributed by atoms with Crippen molar-refractivity contribution in [2.75, 3.05) is 31.2 Å². The minimum Gasteiger partial charge on any atom is -0.490 e. The molecule has 0 saturated carbocycles. The van der Waals surface area contributed by atoms with E-state index in [4.69, 9.17) is 14.2 Å². The van der Waals surface area contributed by atoms with Crippen molar-refractivity contribution in [1.82, 2.24) is 14.6 Å². The fraction of sp³-hybridized carbons (Fsp3) is 0.435.